The highest BCUT2D eigenvalue weighted by molar-refractivity contribution is 7.16. The number of aliphatic imine (C=N–C) groups is 1. The fourth-order valence-corrected chi connectivity index (χ4v) is 5.67. The third-order valence-corrected chi connectivity index (χ3v) is 7.80. The molecule has 0 unspecified atom stereocenters. The molecule has 8 nitrogen and oxygen atoms in total. The number of imidazole rings is 1. The second kappa shape index (κ2) is 12.8. The first kappa shape index (κ1) is 28.2. The number of rotatable bonds is 9. The lowest BCUT2D eigenvalue weighted by molar-refractivity contribution is 0.448. The molecule has 0 amide bonds. The largest absolute Gasteiger partial charge is 0.317 e. The number of allylic oxidation sites excluding steroid dienone is 1. The molecule has 4 rings (SSSR count). The maximum Gasteiger partial charge on any atom is 0.192 e. The Morgan fingerprint density at radius 1 is 1.26 bits per heavy atom. The lowest BCUT2D eigenvalue weighted by Crippen LogP contribution is -2.45. The van der Waals surface area contributed by atoms with E-state index in [1.54, 1.807) is 18.3 Å². The number of nitrogens with one attached hydrogen (secondary N) is 1. The van der Waals surface area contributed by atoms with Crippen LogP contribution in [0.25, 0.3) is 17.3 Å². The van der Waals surface area contributed by atoms with Crippen LogP contribution in [-0.2, 0) is 6.42 Å². The number of hydrogen-bond acceptors (Lipinski definition) is 7. The summed E-state index contributed by atoms with van der Waals surface area (Å²) >= 11 is 1.30. The third kappa shape index (κ3) is 5.95. The highest BCUT2D eigenvalue weighted by Gasteiger charge is 2.29. The van der Waals surface area contributed by atoms with Crippen molar-refractivity contribution >= 4 is 34.2 Å². The summed E-state index contributed by atoms with van der Waals surface area (Å²) in [5, 5.41) is 16.0. The van der Waals surface area contributed by atoms with E-state index in [-0.39, 0.29) is 11.7 Å². The average molecular weight is 547 g/mol. The number of piperidine rings is 1. The number of benzene rings is 1. The van der Waals surface area contributed by atoms with Crippen LogP contribution in [-0.4, -0.2) is 47.7 Å². The van der Waals surface area contributed by atoms with Gasteiger partial charge in [0.25, 0.3) is 0 Å². The first-order valence-electron chi connectivity index (χ1n) is 13.2. The van der Waals surface area contributed by atoms with Crippen LogP contribution in [0.5, 0.6) is 0 Å². The van der Waals surface area contributed by atoms with Crippen LogP contribution in [0.1, 0.15) is 49.5 Å². The Morgan fingerprint density at radius 2 is 1.97 bits per heavy atom. The molecule has 10 heteroatoms. The molecular weight excluding hydrogens is 511 g/mol. The number of hydrogen-bond donors (Lipinski definition) is 1. The Morgan fingerprint density at radius 3 is 2.59 bits per heavy atom. The highest BCUT2D eigenvalue weighted by atomic mass is 32.1. The van der Waals surface area contributed by atoms with Crippen molar-refractivity contribution in [3.63, 3.8) is 0 Å². The molecule has 1 fully saturated rings. The Labute approximate surface area is 233 Å². The fraction of sp³-hybridized carbons (Fsp3) is 0.379. The smallest absolute Gasteiger partial charge is 0.192 e. The molecule has 1 N–H and O–H groups in total. The number of aryl methyl sites for hydroxylation is 1. The molecule has 0 bridgehead atoms. The summed E-state index contributed by atoms with van der Waals surface area (Å²) in [4.78, 5) is 17.0. The lowest BCUT2D eigenvalue weighted by atomic mass is 9.96. The van der Waals surface area contributed by atoms with Gasteiger partial charge >= 0.3 is 0 Å². The summed E-state index contributed by atoms with van der Waals surface area (Å²) in [7, 11) is 3.95. The van der Waals surface area contributed by atoms with E-state index in [1.165, 1.54) is 23.5 Å². The van der Waals surface area contributed by atoms with E-state index < -0.39 is 0 Å². The normalized spacial score (nSPS) is 14.5. The molecule has 1 saturated heterocycles. The van der Waals surface area contributed by atoms with Gasteiger partial charge in [-0.25, -0.2) is 24.0 Å². The molecule has 0 aliphatic carbocycles. The molecule has 1 aliphatic rings. The molecule has 204 valence electrons. The maximum atomic E-state index is 13.6. The molecule has 0 spiro atoms. The van der Waals surface area contributed by atoms with E-state index in [0.29, 0.717) is 27.7 Å². The Hall–Kier alpha value is -3.81. The van der Waals surface area contributed by atoms with Crippen molar-refractivity contribution in [2.75, 3.05) is 37.1 Å². The number of thiazole rings is 1. The van der Waals surface area contributed by atoms with Crippen molar-refractivity contribution in [3.05, 3.63) is 65.3 Å². The van der Waals surface area contributed by atoms with Crippen LogP contribution >= 0.6 is 11.3 Å². The Balaban J connectivity index is 1.85. The number of nitriles is 1. The van der Waals surface area contributed by atoms with Gasteiger partial charge in [-0.1, -0.05) is 37.8 Å². The lowest BCUT2D eigenvalue weighted by Gasteiger charge is -2.33. The number of halogens is 1. The summed E-state index contributed by atoms with van der Waals surface area (Å²) in [6, 6.07) is 8.33. The SMILES string of the molecule is C=CN=C(C1CCNCC1)N(C)n1c(/C=C\CC)nc(CC)c1N(C)c1nc(-c2ccc(F)cc2)c(C#N)s1. The zero-order chi connectivity index (χ0) is 27.9. The van der Waals surface area contributed by atoms with Crippen LogP contribution in [0.3, 0.4) is 0 Å². The van der Waals surface area contributed by atoms with Crippen molar-refractivity contribution in [1.82, 2.24) is 20.0 Å². The van der Waals surface area contributed by atoms with Gasteiger partial charge in [-0.3, -0.25) is 5.01 Å². The quantitative estimate of drug-likeness (QED) is 0.267. The predicted molar refractivity (Wildman–Crippen MR) is 159 cm³/mol. The molecule has 3 aromatic rings. The summed E-state index contributed by atoms with van der Waals surface area (Å²) in [6.07, 6.45) is 9.28. The van der Waals surface area contributed by atoms with Crippen molar-refractivity contribution in [2.45, 2.75) is 39.5 Å². The fourth-order valence-electron chi connectivity index (χ4n) is 4.82. The van der Waals surface area contributed by atoms with E-state index in [2.05, 4.69) is 47.6 Å². The minimum Gasteiger partial charge on any atom is -0.317 e. The van der Waals surface area contributed by atoms with Gasteiger partial charge in [-0.2, -0.15) is 5.26 Å². The van der Waals surface area contributed by atoms with E-state index >= 15 is 0 Å². The van der Waals surface area contributed by atoms with Gasteiger partial charge in [0.15, 0.2) is 16.8 Å². The van der Waals surface area contributed by atoms with Crippen LogP contribution in [0.2, 0.25) is 0 Å². The van der Waals surface area contributed by atoms with Crippen molar-refractivity contribution < 1.29 is 4.39 Å². The van der Waals surface area contributed by atoms with Crippen LogP contribution in [0, 0.1) is 23.1 Å². The zero-order valence-electron chi connectivity index (χ0n) is 23.0. The Kier molecular flexibility index (Phi) is 9.28. The predicted octanol–water partition coefficient (Wildman–Crippen LogP) is 5.88. The van der Waals surface area contributed by atoms with E-state index in [9.17, 15) is 9.65 Å². The molecule has 2 aromatic heterocycles. The van der Waals surface area contributed by atoms with Crippen LogP contribution < -0.4 is 15.2 Å². The van der Waals surface area contributed by atoms with Crippen LogP contribution in [0.15, 0.2) is 48.1 Å². The number of aromatic nitrogens is 3. The van der Waals surface area contributed by atoms with Gasteiger partial charge in [0.05, 0.1) is 5.69 Å². The first-order valence-corrected chi connectivity index (χ1v) is 14.1. The second-order valence-electron chi connectivity index (χ2n) is 9.29. The molecule has 1 aliphatic heterocycles. The average Bonchev–Trinajstić information content (AvgIpc) is 3.57. The van der Waals surface area contributed by atoms with E-state index in [4.69, 9.17) is 15.0 Å². The molecule has 1 aromatic carbocycles. The van der Waals surface area contributed by atoms with Crippen LogP contribution in [0.4, 0.5) is 15.3 Å². The summed E-state index contributed by atoms with van der Waals surface area (Å²) in [5.74, 6) is 2.52. The minimum absolute atomic E-state index is 0.276. The highest BCUT2D eigenvalue weighted by Crippen LogP contribution is 2.37. The molecule has 0 saturated carbocycles. The summed E-state index contributed by atoms with van der Waals surface area (Å²) in [6.45, 7) is 9.94. The van der Waals surface area contributed by atoms with Crippen molar-refractivity contribution in [3.8, 4) is 17.3 Å². The Bertz CT molecular complexity index is 1390. The number of anilines is 2. The number of amidine groups is 1. The molecular formula is C29H35FN8S. The minimum atomic E-state index is -0.331. The van der Waals surface area contributed by atoms with Crippen molar-refractivity contribution in [2.24, 2.45) is 10.9 Å². The van der Waals surface area contributed by atoms with Gasteiger partial charge in [0, 0.05) is 31.8 Å². The monoisotopic (exact) mass is 546 g/mol. The topological polar surface area (TPSA) is 85.4 Å². The maximum absolute atomic E-state index is 13.6. The third-order valence-electron chi connectivity index (χ3n) is 6.76. The van der Waals surface area contributed by atoms with Gasteiger partial charge in [0.2, 0.25) is 0 Å². The van der Waals surface area contributed by atoms with Gasteiger partial charge in [-0.05, 0) is 69.1 Å². The molecule has 0 radical (unpaired) electrons. The molecule has 39 heavy (non-hydrogen) atoms. The van der Waals surface area contributed by atoms with Crippen molar-refractivity contribution in [1.29, 1.82) is 5.26 Å². The number of nitrogens with zero attached hydrogens (tertiary/aromatic N) is 7. The molecule has 0 atom stereocenters. The van der Waals surface area contributed by atoms with Gasteiger partial charge in [-0.15, -0.1) is 0 Å². The van der Waals surface area contributed by atoms with Gasteiger partial charge in [0.1, 0.15) is 28.3 Å². The molecule has 3 heterocycles. The standard InChI is InChI=1S/C29H35FN8S/c1-6-9-10-25-34-23(7-2)28(38(25)37(5)27(33-8-3)21-15-17-32-18-16-21)36(4)29-35-26(24(19-31)39-29)20-11-13-22(30)14-12-20/h8-14,21,32H,3,6-7,15-18H2,1-2,4-5H3/b10-9-,33-27?. The van der Waals surface area contributed by atoms with Gasteiger partial charge < -0.3 is 10.2 Å². The van der Waals surface area contributed by atoms with E-state index in [1.807, 2.05) is 25.1 Å². The summed E-state index contributed by atoms with van der Waals surface area (Å²) < 4.78 is 15.6. The first-order chi connectivity index (χ1) is 18.9. The second-order valence-corrected chi connectivity index (χ2v) is 10.3. The summed E-state index contributed by atoms with van der Waals surface area (Å²) in [5.41, 5.74) is 2.14. The van der Waals surface area contributed by atoms with E-state index in [0.717, 1.165) is 55.5 Å². The zero-order valence-corrected chi connectivity index (χ0v) is 23.8.